The van der Waals surface area contributed by atoms with E-state index in [0.29, 0.717) is 0 Å². The Bertz CT molecular complexity index is 1410. The minimum atomic E-state index is 0.142. The lowest BCUT2D eigenvalue weighted by atomic mass is 10.1. The largest absolute Gasteiger partial charge is 0.310 e. The van der Waals surface area contributed by atoms with Crippen LogP contribution >= 0.6 is 0 Å². The van der Waals surface area contributed by atoms with Crippen molar-refractivity contribution in [3.05, 3.63) is 133 Å². The van der Waals surface area contributed by atoms with E-state index in [9.17, 15) is 0 Å². The van der Waals surface area contributed by atoms with Crippen molar-refractivity contribution in [3.8, 4) is 17.1 Å². The molecule has 0 fully saturated rings. The van der Waals surface area contributed by atoms with Gasteiger partial charge in [-0.1, -0.05) is 89.6 Å². The van der Waals surface area contributed by atoms with Crippen molar-refractivity contribution in [1.82, 2.24) is 9.78 Å². The lowest BCUT2D eigenvalue weighted by molar-refractivity contribution is -0.707. The lowest BCUT2D eigenvalue weighted by Crippen LogP contribution is -2.44. The molecule has 0 bridgehead atoms. The molecule has 1 heterocycles. The second kappa shape index (κ2) is 10.2. The van der Waals surface area contributed by atoms with E-state index in [-0.39, 0.29) is 6.04 Å². The fraction of sp³-hybridized carbons (Fsp3) is 0.100. The monoisotopic (exact) mass is 458 g/mol. The molecule has 5 nitrogen and oxygen atoms in total. The molecule has 0 radical (unpaired) electrons. The molecular formula is C30H28N5+. The van der Waals surface area contributed by atoms with Crippen molar-refractivity contribution in [2.45, 2.75) is 19.9 Å². The van der Waals surface area contributed by atoms with Crippen molar-refractivity contribution in [3.63, 3.8) is 0 Å². The van der Waals surface area contributed by atoms with Gasteiger partial charge in [-0.15, -0.1) is 0 Å². The molecular weight excluding hydrogens is 430 g/mol. The molecule has 0 spiro atoms. The second-order valence-electron chi connectivity index (χ2n) is 8.53. The molecule has 35 heavy (non-hydrogen) atoms. The van der Waals surface area contributed by atoms with Crippen LogP contribution in [0, 0.1) is 0 Å². The highest BCUT2D eigenvalue weighted by Gasteiger charge is 2.34. The normalized spacial score (nSPS) is 11.6. The summed E-state index contributed by atoms with van der Waals surface area (Å²) >= 11 is 0. The second-order valence-corrected chi connectivity index (χ2v) is 8.53. The highest BCUT2D eigenvalue weighted by Crippen LogP contribution is 2.22. The summed E-state index contributed by atoms with van der Waals surface area (Å²) in [6.45, 7) is 4.36. The number of para-hydroxylation sites is 2. The van der Waals surface area contributed by atoms with Crippen molar-refractivity contribution >= 4 is 11.4 Å². The average molecular weight is 459 g/mol. The SMILES string of the molecule is CC(C)[n+]1c(-c2ccccc2)nn(-c2ccccc2)c1/C(=N/Nc1ccccc1)c1ccccc1. The third kappa shape index (κ3) is 4.75. The van der Waals surface area contributed by atoms with E-state index >= 15 is 0 Å². The summed E-state index contributed by atoms with van der Waals surface area (Å²) in [6.07, 6.45) is 0. The third-order valence-corrected chi connectivity index (χ3v) is 5.73. The van der Waals surface area contributed by atoms with Crippen LogP contribution in [0.1, 0.15) is 31.3 Å². The number of nitrogens with one attached hydrogen (secondary N) is 1. The summed E-state index contributed by atoms with van der Waals surface area (Å²) in [5.74, 6) is 1.79. The maximum absolute atomic E-state index is 5.14. The smallest absolute Gasteiger partial charge is 0.278 e. The van der Waals surface area contributed by atoms with E-state index < -0.39 is 0 Å². The van der Waals surface area contributed by atoms with Gasteiger partial charge in [0.1, 0.15) is 5.69 Å². The van der Waals surface area contributed by atoms with Gasteiger partial charge in [0, 0.05) is 5.56 Å². The number of anilines is 1. The summed E-state index contributed by atoms with van der Waals surface area (Å²) in [7, 11) is 0. The van der Waals surface area contributed by atoms with Crippen LogP contribution in [-0.4, -0.2) is 15.5 Å². The zero-order chi connectivity index (χ0) is 24.0. The summed E-state index contributed by atoms with van der Waals surface area (Å²) < 4.78 is 4.27. The van der Waals surface area contributed by atoms with Crippen molar-refractivity contribution in [2.24, 2.45) is 5.10 Å². The number of hydrazone groups is 1. The molecule has 172 valence electrons. The van der Waals surface area contributed by atoms with Crippen LogP contribution in [0.5, 0.6) is 0 Å². The van der Waals surface area contributed by atoms with E-state index in [4.69, 9.17) is 10.2 Å². The molecule has 1 N–H and O–H groups in total. The Morgan fingerprint density at radius 3 is 1.89 bits per heavy atom. The number of hydrogen-bond acceptors (Lipinski definition) is 3. The number of benzene rings is 4. The Kier molecular flexibility index (Phi) is 6.48. The molecule has 0 unspecified atom stereocenters. The first kappa shape index (κ1) is 22.3. The summed E-state index contributed by atoms with van der Waals surface area (Å²) in [6, 6.07) is 40.9. The van der Waals surface area contributed by atoms with Crippen molar-refractivity contribution in [2.75, 3.05) is 5.43 Å². The average Bonchev–Trinajstić information content (AvgIpc) is 3.32. The fourth-order valence-electron chi connectivity index (χ4n) is 4.10. The van der Waals surface area contributed by atoms with Crippen LogP contribution in [0.15, 0.2) is 126 Å². The van der Waals surface area contributed by atoms with E-state index in [2.05, 4.69) is 60.2 Å². The predicted molar refractivity (Wildman–Crippen MR) is 142 cm³/mol. The van der Waals surface area contributed by atoms with Crippen LogP contribution in [0.3, 0.4) is 0 Å². The van der Waals surface area contributed by atoms with E-state index in [1.165, 1.54) is 0 Å². The Morgan fingerprint density at radius 2 is 1.29 bits per heavy atom. The molecule has 0 saturated carbocycles. The third-order valence-electron chi connectivity index (χ3n) is 5.73. The lowest BCUT2D eigenvalue weighted by Gasteiger charge is -2.12. The molecule has 0 atom stereocenters. The summed E-state index contributed by atoms with van der Waals surface area (Å²) in [4.78, 5) is 0. The van der Waals surface area contributed by atoms with Gasteiger partial charge in [-0.25, -0.2) is 4.57 Å². The number of nitrogens with zero attached hydrogens (tertiary/aromatic N) is 4. The predicted octanol–water partition coefficient (Wildman–Crippen LogP) is 6.27. The van der Waals surface area contributed by atoms with E-state index in [0.717, 1.165) is 39.9 Å². The maximum atomic E-state index is 5.14. The number of hydrogen-bond donors (Lipinski definition) is 1. The van der Waals surface area contributed by atoms with Crippen LogP contribution in [0.4, 0.5) is 5.69 Å². The molecule has 1 aromatic heterocycles. The molecule has 0 aliphatic carbocycles. The van der Waals surface area contributed by atoms with E-state index in [1.807, 2.05) is 89.6 Å². The van der Waals surface area contributed by atoms with Gasteiger partial charge in [-0.3, -0.25) is 5.43 Å². The zero-order valence-electron chi connectivity index (χ0n) is 19.9. The van der Waals surface area contributed by atoms with Gasteiger partial charge < -0.3 is 0 Å². The van der Waals surface area contributed by atoms with Gasteiger partial charge in [0.25, 0.3) is 5.82 Å². The molecule has 0 aliphatic heterocycles. The number of aromatic nitrogens is 3. The van der Waals surface area contributed by atoms with Crippen LogP contribution in [0.2, 0.25) is 0 Å². The molecule has 0 aliphatic rings. The molecule has 5 heteroatoms. The molecule has 0 amide bonds. The van der Waals surface area contributed by atoms with Crippen molar-refractivity contribution in [1.29, 1.82) is 0 Å². The molecule has 4 aromatic carbocycles. The fourth-order valence-corrected chi connectivity index (χ4v) is 4.10. The van der Waals surface area contributed by atoms with Gasteiger partial charge in [-0.05, 0) is 50.2 Å². The Labute approximate surface area is 206 Å². The Balaban J connectivity index is 1.80. The summed E-state index contributed by atoms with van der Waals surface area (Å²) in [5, 5.41) is 10.1. The maximum Gasteiger partial charge on any atom is 0.310 e. The first-order valence-corrected chi connectivity index (χ1v) is 11.8. The van der Waals surface area contributed by atoms with Gasteiger partial charge >= 0.3 is 5.82 Å². The number of rotatable bonds is 7. The minimum Gasteiger partial charge on any atom is -0.278 e. The first-order chi connectivity index (χ1) is 17.2. The molecule has 0 saturated heterocycles. The molecule has 5 aromatic rings. The quantitative estimate of drug-likeness (QED) is 0.177. The Hall–Kier alpha value is -4.51. The van der Waals surface area contributed by atoms with Crippen LogP contribution in [-0.2, 0) is 0 Å². The van der Waals surface area contributed by atoms with Crippen molar-refractivity contribution < 1.29 is 4.57 Å². The summed E-state index contributed by atoms with van der Waals surface area (Å²) in [5.41, 5.74) is 8.03. The van der Waals surface area contributed by atoms with Crippen LogP contribution in [0.25, 0.3) is 17.1 Å². The molecule has 5 rings (SSSR count). The highest BCUT2D eigenvalue weighted by atomic mass is 15.4. The van der Waals surface area contributed by atoms with Gasteiger partial charge in [-0.2, -0.15) is 5.10 Å². The van der Waals surface area contributed by atoms with Gasteiger partial charge in [0.05, 0.1) is 22.4 Å². The van der Waals surface area contributed by atoms with Gasteiger partial charge in [0.2, 0.25) is 0 Å². The zero-order valence-corrected chi connectivity index (χ0v) is 19.9. The Morgan fingerprint density at radius 1 is 0.743 bits per heavy atom. The van der Waals surface area contributed by atoms with Crippen LogP contribution < -0.4 is 9.99 Å². The topological polar surface area (TPSA) is 46.1 Å². The first-order valence-electron chi connectivity index (χ1n) is 11.8. The standard InChI is InChI=1S/C30H27N5/c1-23(2)34-29(25-17-9-4-10-18-25)33-35(27-21-13-6-14-22-27)30(34)28(24-15-7-3-8-16-24)32-31-26-19-11-5-12-20-26/h3-23H,1-2H3/p+1. The minimum absolute atomic E-state index is 0.142. The highest BCUT2D eigenvalue weighted by molar-refractivity contribution is 6.10. The van der Waals surface area contributed by atoms with E-state index in [1.54, 1.807) is 0 Å². The van der Waals surface area contributed by atoms with Gasteiger partial charge in [0.15, 0.2) is 5.71 Å².